The molecule has 0 unspecified atom stereocenters. The molecule has 0 amide bonds. The van der Waals surface area contributed by atoms with Crippen molar-refractivity contribution >= 4 is 5.71 Å². The lowest BCUT2D eigenvalue weighted by atomic mass is 9.94. The summed E-state index contributed by atoms with van der Waals surface area (Å²) < 4.78 is 17.3. The van der Waals surface area contributed by atoms with Crippen LogP contribution in [0.4, 0.5) is 0 Å². The highest BCUT2D eigenvalue weighted by Crippen LogP contribution is 2.51. The van der Waals surface area contributed by atoms with Gasteiger partial charge >= 0.3 is 0 Å². The zero-order valence-electron chi connectivity index (χ0n) is 17.7. The molecule has 0 aliphatic carbocycles. The van der Waals surface area contributed by atoms with Crippen LogP contribution < -0.4 is 14.2 Å². The molecule has 5 rings (SSSR count). The van der Waals surface area contributed by atoms with E-state index in [4.69, 9.17) is 19.3 Å². The standard InChI is InChI=1S/C25H24N2O4/c1-15-7-12-22(28)19(13-15)20-14-21-18-5-4-6-23(30-3)24(18)31-25(27(21)26-20)16-8-10-17(29-2)11-9-16/h4-13,21,25,28H,14H2,1-3H3/t21-,25-/m1/s1. The van der Waals surface area contributed by atoms with E-state index in [1.165, 1.54) is 0 Å². The number of aryl methyl sites for hydroxylation is 1. The number of phenolic OH excluding ortho intramolecular Hbond substituents is 1. The van der Waals surface area contributed by atoms with Crippen molar-refractivity contribution in [2.75, 3.05) is 14.2 Å². The number of rotatable bonds is 4. The summed E-state index contributed by atoms with van der Waals surface area (Å²) >= 11 is 0. The van der Waals surface area contributed by atoms with Crippen LogP contribution in [0.5, 0.6) is 23.0 Å². The second-order valence-electron chi connectivity index (χ2n) is 7.79. The third-order valence-electron chi connectivity index (χ3n) is 5.86. The van der Waals surface area contributed by atoms with Crippen LogP contribution in [0.15, 0.2) is 65.8 Å². The Balaban J connectivity index is 1.62. The molecule has 2 atom stereocenters. The molecule has 0 aromatic heterocycles. The Morgan fingerprint density at radius 1 is 1.03 bits per heavy atom. The predicted molar refractivity (Wildman–Crippen MR) is 118 cm³/mol. The van der Waals surface area contributed by atoms with Gasteiger partial charge in [0.15, 0.2) is 11.5 Å². The lowest BCUT2D eigenvalue weighted by Crippen LogP contribution is -2.33. The van der Waals surface area contributed by atoms with Crippen molar-refractivity contribution in [1.29, 1.82) is 0 Å². The van der Waals surface area contributed by atoms with Crippen molar-refractivity contribution in [3.05, 3.63) is 82.9 Å². The molecule has 31 heavy (non-hydrogen) atoms. The molecule has 0 bridgehead atoms. The van der Waals surface area contributed by atoms with Gasteiger partial charge in [-0.25, -0.2) is 5.01 Å². The van der Waals surface area contributed by atoms with Gasteiger partial charge in [0.05, 0.1) is 26.0 Å². The van der Waals surface area contributed by atoms with Crippen LogP contribution in [0, 0.1) is 6.92 Å². The molecule has 0 fully saturated rings. The van der Waals surface area contributed by atoms with Crippen molar-refractivity contribution in [2.24, 2.45) is 5.10 Å². The summed E-state index contributed by atoms with van der Waals surface area (Å²) in [5, 5.41) is 17.4. The molecular weight excluding hydrogens is 392 g/mol. The van der Waals surface area contributed by atoms with Gasteiger partial charge < -0.3 is 19.3 Å². The van der Waals surface area contributed by atoms with E-state index in [-0.39, 0.29) is 11.8 Å². The van der Waals surface area contributed by atoms with Gasteiger partial charge in [0.25, 0.3) is 0 Å². The highest BCUT2D eigenvalue weighted by molar-refractivity contribution is 6.04. The van der Waals surface area contributed by atoms with Gasteiger partial charge in [0, 0.05) is 23.1 Å². The summed E-state index contributed by atoms with van der Waals surface area (Å²) in [5.41, 5.74) is 4.65. The largest absolute Gasteiger partial charge is 0.507 e. The van der Waals surface area contributed by atoms with Crippen molar-refractivity contribution in [2.45, 2.75) is 25.6 Å². The molecule has 2 aliphatic heterocycles. The lowest BCUT2D eigenvalue weighted by Gasteiger charge is -2.38. The number of para-hydroxylation sites is 1. The van der Waals surface area contributed by atoms with Crippen molar-refractivity contribution < 1.29 is 19.3 Å². The summed E-state index contributed by atoms with van der Waals surface area (Å²) in [6.07, 6.45) is 0.233. The number of methoxy groups -OCH3 is 2. The normalized spacial score (nSPS) is 19.2. The zero-order valence-corrected chi connectivity index (χ0v) is 17.7. The van der Waals surface area contributed by atoms with Gasteiger partial charge in [-0.15, -0.1) is 0 Å². The Morgan fingerprint density at radius 3 is 2.58 bits per heavy atom. The molecule has 2 aliphatic rings. The predicted octanol–water partition coefficient (Wildman–Crippen LogP) is 4.96. The van der Waals surface area contributed by atoms with Crippen LogP contribution in [-0.4, -0.2) is 30.0 Å². The van der Waals surface area contributed by atoms with E-state index in [0.29, 0.717) is 12.2 Å². The van der Waals surface area contributed by atoms with Gasteiger partial charge in [-0.1, -0.05) is 23.8 Å². The number of aromatic hydroxyl groups is 1. The molecule has 0 spiro atoms. The third-order valence-corrected chi connectivity index (χ3v) is 5.86. The van der Waals surface area contributed by atoms with E-state index in [1.807, 2.05) is 66.5 Å². The molecule has 1 N–H and O–H groups in total. The Kier molecular flexibility index (Phi) is 4.70. The van der Waals surface area contributed by atoms with Gasteiger partial charge in [0.2, 0.25) is 6.23 Å². The fourth-order valence-corrected chi connectivity index (χ4v) is 4.28. The van der Waals surface area contributed by atoms with E-state index in [1.54, 1.807) is 20.3 Å². The summed E-state index contributed by atoms with van der Waals surface area (Å²) in [5.74, 6) is 2.45. The first-order chi connectivity index (χ1) is 15.1. The molecule has 2 heterocycles. The molecule has 3 aromatic rings. The van der Waals surface area contributed by atoms with E-state index in [2.05, 4.69) is 0 Å². The highest BCUT2D eigenvalue weighted by Gasteiger charge is 2.42. The van der Waals surface area contributed by atoms with Crippen LogP contribution in [0.2, 0.25) is 0 Å². The first kappa shape index (κ1) is 19.3. The van der Waals surface area contributed by atoms with E-state index < -0.39 is 6.23 Å². The van der Waals surface area contributed by atoms with E-state index >= 15 is 0 Å². The number of hydrogen-bond donors (Lipinski definition) is 1. The second kappa shape index (κ2) is 7.54. The maximum Gasteiger partial charge on any atom is 0.214 e. The lowest BCUT2D eigenvalue weighted by molar-refractivity contribution is -0.0209. The SMILES string of the molecule is COc1ccc([C@H]2Oc3c(OC)cccc3[C@H]3CC(c4cc(C)ccc4O)=NN32)cc1. The van der Waals surface area contributed by atoms with Crippen LogP contribution in [0.25, 0.3) is 0 Å². The highest BCUT2D eigenvalue weighted by atomic mass is 16.5. The number of hydrazone groups is 1. The fourth-order valence-electron chi connectivity index (χ4n) is 4.28. The van der Waals surface area contributed by atoms with Crippen LogP contribution in [-0.2, 0) is 0 Å². The maximum absolute atomic E-state index is 10.5. The number of hydrogen-bond acceptors (Lipinski definition) is 6. The molecule has 0 radical (unpaired) electrons. The monoisotopic (exact) mass is 416 g/mol. The van der Waals surface area contributed by atoms with Crippen LogP contribution in [0.3, 0.4) is 0 Å². The van der Waals surface area contributed by atoms with Crippen molar-refractivity contribution in [1.82, 2.24) is 5.01 Å². The van der Waals surface area contributed by atoms with Gasteiger partial charge in [-0.2, -0.15) is 5.10 Å². The van der Waals surface area contributed by atoms with Crippen LogP contribution in [0.1, 0.15) is 40.9 Å². The molecule has 158 valence electrons. The summed E-state index contributed by atoms with van der Waals surface area (Å²) in [6, 6.07) is 19.3. The summed E-state index contributed by atoms with van der Waals surface area (Å²) in [6.45, 7) is 2.01. The zero-order chi connectivity index (χ0) is 21.5. The van der Waals surface area contributed by atoms with E-state index in [9.17, 15) is 5.11 Å². The third kappa shape index (κ3) is 3.24. The Morgan fingerprint density at radius 2 is 1.84 bits per heavy atom. The Hall–Kier alpha value is -3.67. The molecule has 6 nitrogen and oxygen atoms in total. The topological polar surface area (TPSA) is 63.5 Å². The van der Waals surface area contributed by atoms with E-state index in [0.717, 1.165) is 39.5 Å². The van der Waals surface area contributed by atoms with Gasteiger partial charge in [-0.05, 0) is 49.4 Å². The average Bonchev–Trinajstić information content (AvgIpc) is 3.25. The first-order valence-electron chi connectivity index (χ1n) is 10.2. The smallest absolute Gasteiger partial charge is 0.214 e. The minimum absolute atomic E-state index is 0.0270. The first-order valence-corrected chi connectivity index (χ1v) is 10.2. The second-order valence-corrected chi connectivity index (χ2v) is 7.79. The van der Waals surface area contributed by atoms with Crippen molar-refractivity contribution in [3.8, 4) is 23.0 Å². The minimum atomic E-state index is -0.427. The van der Waals surface area contributed by atoms with Gasteiger partial charge in [0.1, 0.15) is 11.5 Å². The average molecular weight is 416 g/mol. The minimum Gasteiger partial charge on any atom is -0.507 e. The number of ether oxygens (including phenoxy) is 3. The van der Waals surface area contributed by atoms with Gasteiger partial charge in [-0.3, -0.25) is 0 Å². The number of fused-ring (bicyclic) bond motifs is 3. The number of benzene rings is 3. The maximum atomic E-state index is 10.5. The molecule has 3 aromatic carbocycles. The Bertz CT molecular complexity index is 1160. The van der Waals surface area contributed by atoms with Crippen LogP contribution >= 0.6 is 0 Å². The molecular formula is C25H24N2O4. The fraction of sp³-hybridized carbons (Fsp3) is 0.240. The Labute approximate surface area is 181 Å². The number of nitrogens with zero attached hydrogens (tertiary/aromatic N) is 2. The molecule has 0 saturated carbocycles. The summed E-state index contributed by atoms with van der Waals surface area (Å²) in [4.78, 5) is 0. The number of phenols is 1. The quantitative estimate of drug-likeness (QED) is 0.651. The summed E-state index contributed by atoms with van der Waals surface area (Å²) in [7, 11) is 3.30. The van der Waals surface area contributed by atoms with Crippen molar-refractivity contribution in [3.63, 3.8) is 0 Å². The molecule has 6 heteroatoms. The molecule has 0 saturated heterocycles.